The lowest BCUT2D eigenvalue weighted by Gasteiger charge is -2.09. The van der Waals surface area contributed by atoms with Crippen molar-refractivity contribution in [3.8, 4) is 0 Å². The van der Waals surface area contributed by atoms with E-state index in [-0.39, 0.29) is 5.75 Å². The van der Waals surface area contributed by atoms with Crippen LogP contribution in [0.25, 0.3) is 0 Å². The molecule has 0 aromatic heterocycles. The van der Waals surface area contributed by atoms with Crippen LogP contribution in [0.4, 0.5) is 5.69 Å². The van der Waals surface area contributed by atoms with Crippen molar-refractivity contribution in [3.05, 3.63) is 28.2 Å². The molecule has 0 saturated carbocycles. The van der Waals surface area contributed by atoms with Gasteiger partial charge in [0.15, 0.2) is 0 Å². The second kappa shape index (κ2) is 4.96. The van der Waals surface area contributed by atoms with Crippen LogP contribution < -0.4 is 10.5 Å². The van der Waals surface area contributed by atoms with E-state index >= 15 is 0 Å². The second-order valence-electron chi connectivity index (χ2n) is 3.23. The third-order valence-electron chi connectivity index (χ3n) is 1.89. The Kier molecular flexibility index (Phi) is 4.12. The van der Waals surface area contributed by atoms with Crippen molar-refractivity contribution < 1.29 is 8.42 Å². The fourth-order valence-electron chi connectivity index (χ4n) is 1.11. The van der Waals surface area contributed by atoms with Crippen molar-refractivity contribution in [1.29, 1.82) is 0 Å². The number of hydrogen-bond donors (Lipinski definition) is 2. The molecule has 6 heteroatoms. The normalized spacial score (nSPS) is 11.4. The molecule has 1 aromatic carbocycles. The van der Waals surface area contributed by atoms with E-state index in [0.29, 0.717) is 6.54 Å². The van der Waals surface area contributed by atoms with Crippen molar-refractivity contribution in [2.75, 3.05) is 17.6 Å². The lowest BCUT2D eigenvalue weighted by molar-refractivity contribution is 0.598. The molecule has 0 aliphatic rings. The molecule has 0 bridgehead atoms. The van der Waals surface area contributed by atoms with Gasteiger partial charge >= 0.3 is 0 Å². The minimum Gasteiger partial charge on any atom is -0.383 e. The summed E-state index contributed by atoms with van der Waals surface area (Å²) in [5, 5.41) is 7.89. The number of rotatable bonds is 4. The number of halogens is 1. The maximum atomic E-state index is 10.7. The van der Waals surface area contributed by atoms with Crippen molar-refractivity contribution in [2.45, 2.75) is 6.92 Å². The van der Waals surface area contributed by atoms with Gasteiger partial charge in [-0.25, -0.2) is 13.6 Å². The van der Waals surface area contributed by atoms with Crippen LogP contribution in [0.3, 0.4) is 0 Å². The molecule has 0 spiro atoms. The molecule has 0 unspecified atom stereocenters. The Balaban J connectivity index is 2.62. The summed E-state index contributed by atoms with van der Waals surface area (Å²) in [7, 11) is -3.40. The minimum absolute atomic E-state index is 0.0760. The highest BCUT2D eigenvalue weighted by atomic mass is 79.9. The van der Waals surface area contributed by atoms with E-state index < -0.39 is 10.0 Å². The number of anilines is 1. The van der Waals surface area contributed by atoms with Gasteiger partial charge < -0.3 is 5.32 Å². The van der Waals surface area contributed by atoms with E-state index in [9.17, 15) is 8.42 Å². The maximum Gasteiger partial charge on any atom is 0.210 e. The summed E-state index contributed by atoms with van der Waals surface area (Å²) in [6.45, 7) is 2.27. The topological polar surface area (TPSA) is 72.2 Å². The monoisotopic (exact) mass is 292 g/mol. The van der Waals surface area contributed by atoms with E-state index in [1.807, 2.05) is 25.1 Å². The van der Waals surface area contributed by atoms with Crippen LogP contribution >= 0.6 is 15.9 Å². The van der Waals surface area contributed by atoms with Crippen molar-refractivity contribution >= 4 is 31.6 Å². The Morgan fingerprint density at radius 3 is 2.73 bits per heavy atom. The highest BCUT2D eigenvalue weighted by molar-refractivity contribution is 9.10. The Morgan fingerprint density at radius 2 is 2.13 bits per heavy atom. The highest BCUT2D eigenvalue weighted by Crippen LogP contribution is 2.25. The molecular formula is C9H13BrN2O2S. The lowest BCUT2D eigenvalue weighted by atomic mass is 10.2. The molecule has 0 aliphatic heterocycles. The van der Waals surface area contributed by atoms with Crippen LogP contribution in [0.1, 0.15) is 5.56 Å². The molecular weight excluding hydrogens is 280 g/mol. The summed E-state index contributed by atoms with van der Waals surface area (Å²) in [6.07, 6.45) is 0. The molecule has 0 saturated heterocycles. The molecule has 1 aromatic rings. The van der Waals surface area contributed by atoms with Gasteiger partial charge in [0.1, 0.15) is 0 Å². The van der Waals surface area contributed by atoms with E-state index in [4.69, 9.17) is 5.14 Å². The zero-order chi connectivity index (χ0) is 11.5. The van der Waals surface area contributed by atoms with Gasteiger partial charge in [0, 0.05) is 16.7 Å². The van der Waals surface area contributed by atoms with E-state index in [1.54, 1.807) is 0 Å². The van der Waals surface area contributed by atoms with Crippen LogP contribution in [0, 0.1) is 6.92 Å². The highest BCUT2D eigenvalue weighted by Gasteiger charge is 2.04. The molecule has 15 heavy (non-hydrogen) atoms. The number of aryl methyl sites for hydroxylation is 1. The number of hydrogen-bond acceptors (Lipinski definition) is 3. The average molecular weight is 293 g/mol. The zero-order valence-corrected chi connectivity index (χ0v) is 10.7. The molecule has 3 N–H and O–H groups in total. The largest absolute Gasteiger partial charge is 0.383 e. The number of benzene rings is 1. The Bertz CT molecular complexity index is 445. The average Bonchev–Trinajstić information content (AvgIpc) is 2.10. The number of primary sulfonamides is 1. The van der Waals surface area contributed by atoms with E-state index in [1.165, 1.54) is 0 Å². The molecule has 1 rings (SSSR count). The molecule has 4 nitrogen and oxygen atoms in total. The minimum atomic E-state index is -3.40. The van der Waals surface area contributed by atoms with Crippen LogP contribution in [-0.4, -0.2) is 20.7 Å². The summed E-state index contributed by atoms with van der Waals surface area (Å²) >= 11 is 3.42. The SMILES string of the molecule is Cc1cccc(NCCS(N)(=O)=O)c1Br. The predicted molar refractivity (Wildman–Crippen MR) is 65.3 cm³/mol. The van der Waals surface area contributed by atoms with Crippen molar-refractivity contribution in [1.82, 2.24) is 0 Å². The molecule has 0 amide bonds. The van der Waals surface area contributed by atoms with Crippen LogP contribution in [0.2, 0.25) is 0 Å². The fraction of sp³-hybridized carbons (Fsp3) is 0.333. The van der Waals surface area contributed by atoms with Gasteiger partial charge in [-0.15, -0.1) is 0 Å². The first-order valence-electron chi connectivity index (χ1n) is 4.39. The van der Waals surface area contributed by atoms with Gasteiger partial charge in [0.2, 0.25) is 10.0 Å². The van der Waals surface area contributed by atoms with E-state index in [2.05, 4.69) is 21.2 Å². The van der Waals surface area contributed by atoms with Gasteiger partial charge in [0.05, 0.1) is 5.75 Å². The first-order chi connectivity index (χ1) is 6.90. The Labute approximate surface area is 98.0 Å². The quantitative estimate of drug-likeness (QED) is 0.882. The maximum absolute atomic E-state index is 10.7. The van der Waals surface area contributed by atoms with E-state index in [0.717, 1.165) is 15.7 Å². The fourth-order valence-corrected chi connectivity index (χ4v) is 1.90. The summed E-state index contributed by atoms with van der Waals surface area (Å²) in [6, 6.07) is 5.74. The summed E-state index contributed by atoms with van der Waals surface area (Å²) in [4.78, 5) is 0. The standard InChI is InChI=1S/C9H13BrN2O2S/c1-7-3-2-4-8(9(7)10)12-5-6-15(11,13)14/h2-4,12H,5-6H2,1H3,(H2,11,13,14). The van der Waals surface area contributed by atoms with Gasteiger partial charge in [-0.05, 0) is 34.5 Å². The van der Waals surface area contributed by atoms with Gasteiger partial charge in [-0.3, -0.25) is 0 Å². The Morgan fingerprint density at radius 1 is 1.47 bits per heavy atom. The van der Waals surface area contributed by atoms with Crippen LogP contribution in [0.5, 0.6) is 0 Å². The van der Waals surface area contributed by atoms with Gasteiger partial charge in [-0.1, -0.05) is 12.1 Å². The second-order valence-corrected chi connectivity index (χ2v) is 5.76. The third-order valence-corrected chi connectivity index (χ3v) is 3.72. The summed E-state index contributed by atoms with van der Waals surface area (Å²) < 4.78 is 22.3. The molecule has 0 radical (unpaired) electrons. The molecule has 0 fully saturated rings. The van der Waals surface area contributed by atoms with Crippen molar-refractivity contribution in [3.63, 3.8) is 0 Å². The van der Waals surface area contributed by atoms with Crippen LogP contribution in [0.15, 0.2) is 22.7 Å². The molecule has 84 valence electrons. The predicted octanol–water partition coefficient (Wildman–Crippen LogP) is 1.46. The van der Waals surface area contributed by atoms with Crippen LogP contribution in [-0.2, 0) is 10.0 Å². The zero-order valence-electron chi connectivity index (χ0n) is 8.33. The van der Waals surface area contributed by atoms with Gasteiger partial charge in [-0.2, -0.15) is 0 Å². The third kappa shape index (κ3) is 4.19. The molecule has 0 atom stereocenters. The smallest absolute Gasteiger partial charge is 0.210 e. The first kappa shape index (κ1) is 12.5. The Hall–Kier alpha value is -0.590. The molecule has 0 aliphatic carbocycles. The summed E-state index contributed by atoms with van der Waals surface area (Å²) in [5.74, 6) is -0.0760. The lowest BCUT2D eigenvalue weighted by Crippen LogP contribution is -2.22. The summed E-state index contributed by atoms with van der Waals surface area (Å²) in [5.41, 5.74) is 1.97. The number of nitrogens with two attached hydrogens (primary N) is 1. The van der Waals surface area contributed by atoms with Crippen molar-refractivity contribution in [2.24, 2.45) is 5.14 Å². The number of nitrogens with one attached hydrogen (secondary N) is 1. The number of sulfonamides is 1. The molecule has 0 heterocycles. The van der Waals surface area contributed by atoms with Gasteiger partial charge in [0.25, 0.3) is 0 Å². The first-order valence-corrected chi connectivity index (χ1v) is 6.90.